The van der Waals surface area contributed by atoms with Gasteiger partial charge in [0.1, 0.15) is 0 Å². The number of thioether (sulfide) groups is 1. The summed E-state index contributed by atoms with van der Waals surface area (Å²) in [4.78, 5) is 1.44. The lowest BCUT2D eigenvalue weighted by molar-refractivity contribution is 0.628. The summed E-state index contributed by atoms with van der Waals surface area (Å²) in [6.07, 6.45) is 0. The highest BCUT2D eigenvalue weighted by molar-refractivity contribution is 9.10. The second-order valence-corrected chi connectivity index (χ2v) is 6.00. The molecule has 76 valence electrons. The van der Waals surface area contributed by atoms with E-state index in [1.807, 2.05) is 18.8 Å². The van der Waals surface area contributed by atoms with E-state index in [1.165, 1.54) is 14.9 Å². The van der Waals surface area contributed by atoms with Crippen LogP contribution in [0.15, 0.2) is 27.6 Å². The van der Waals surface area contributed by atoms with Crippen molar-refractivity contribution < 1.29 is 0 Å². The van der Waals surface area contributed by atoms with E-state index in [4.69, 9.17) is 0 Å². The van der Waals surface area contributed by atoms with Crippen LogP contribution >= 0.6 is 27.7 Å². The number of rotatable bonds is 2. The first kappa shape index (κ1) is 10.5. The van der Waals surface area contributed by atoms with E-state index in [0.717, 1.165) is 6.54 Å². The van der Waals surface area contributed by atoms with Crippen LogP contribution in [0.5, 0.6) is 0 Å². The van der Waals surface area contributed by atoms with Crippen LogP contribution in [0, 0.1) is 0 Å². The van der Waals surface area contributed by atoms with Crippen molar-refractivity contribution in [3.05, 3.63) is 28.2 Å². The Morgan fingerprint density at radius 1 is 1.50 bits per heavy atom. The predicted molar refractivity (Wildman–Crippen MR) is 66.1 cm³/mol. The topological polar surface area (TPSA) is 12.0 Å². The summed E-state index contributed by atoms with van der Waals surface area (Å²) in [5.41, 5.74) is 1.50. The minimum Gasteiger partial charge on any atom is -0.319 e. The first-order chi connectivity index (χ1) is 6.72. The highest BCUT2D eigenvalue weighted by atomic mass is 79.9. The Bertz CT molecular complexity index is 340. The molecule has 1 heterocycles. The maximum absolute atomic E-state index is 3.51. The van der Waals surface area contributed by atoms with Gasteiger partial charge < -0.3 is 5.32 Å². The third-order valence-electron chi connectivity index (χ3n) is 2.68. The van der Waals surface area contributed by atoms with E-state index in [0.29, 0.717) is 11.2 Å². The molecule has 1 N–H and O–H groups in total. The lowest BCUT2D eigenvalue weighted by Crippen LogP contribution is -2.21. The zero-order valence-electron chi connectivity index (χ0n) is 8.38. The monoisotopic (exact) mass is 271 g/mol. The van der Waals surface area contributed by atoms with Gasteiger partial charge in [0.2, 0.25) is 0 Å². The molecule has 1 nitrogen and oxygen atoms in total. The molecule has 14 heavy (non-hydrogen) atoms. The average Bonchev–Trinajstić information content (AvgIpc) is 2.43. The quantitative estimate of drug-likeness (QED) is 0.887. The Labute approximate surface area is 97.8 Å². The average molecular weight is 272 g/mol. The van der Waals surface area contributed by atoms with Crippen LogP contribution in [0.3, 0.4) is 0 Å². The van der Waals surface area contributed by atoms with Gasteiger partial charge in [-0.25, -0.2) is 0 Å². The number of benzene rings is 1. The van der Waals surface area contributed by atoms with Crippen molar-refractivity contribution in [2.45, 2.75) is 23.0 Å². The first-order valence-electron chi connectivity index (χ1n) is 4.83. The number of halogens is 1. The Morgan fingerprint density at radius 3 is 3.00 bits per heavy atom. The molecule has 0 aliphatic carbocycles. The van der Waals surface area contributed by atoms with Crippen LogP contribution in [-0.2, 0) is 0 Å². The number of hydrogen-bond donors (Lipinski definition) is 1. The Morgan fingerprint density at radius 2 is 2.29 bits per heavy atom. The summed E-state index contributed by atoms with van der Waals surface area (Å²) in [5, 5.41) is 3.96. The van der Waals surface area contributed by atoms with Crippen molar-refractivity contribution >= 4 is 27.7 Å². The van der Waals surface area contributed by atoms with Gasteiger partial charge in [0.05, 0.1) is 0 Å². The second kappa shape index (κ2) is 4.25. The van der Waals surface area contributed by atoms with Gasteiger partial charge in [-0.1, -0.05) is 28.9 Å². The van der Waals surface area contributed by atoms with Gasteiger partial charge in [-0.2, -0.15) is 0 Å². The molecule has 1 aromatic carbocycles. The number of nitrogens with one attached hydrogen (secondary N) is 1. The summed E-state index contributed by atoms with van der Waals surface area (Å²) in [5.74, 6) is 0.660. The minimum atomic E-state index is 0.660. The van der Waals surface area contributed by atoms with E-state index in [2.05, 4.69) is 46.4 Å². The molecule has 0 saturated heterocycles. The maximum atomic E-state index is 3.51. The third-order valence-corrected chi connectivity index (χ3v) is 4.48. The van der Waals surface area contributed by atoms with Crippen molar-refractivity contribution in [2.75, 3.05) is 13.6 Å². The zero-order valence-corrected chi connectivity index (χ0v) is 10.8. The van der Waals surface area contributed by atoms with E-state index in [9.17, 15) is 0 Å². The van der Waals surface area contributed by atoms with Gasteiger partial charge in [-0.3, -0.25) is 0 Å². The SMILES string of the molecule is CNCC1c2ccc(Br)cc2SC1C. The molecule has 0 saturated carbocycles. The molecular weight excluding hydrogens is 258 g/mol. The summed E-state index contributed by atoms with van der Waals surface area (Å²) >= 11 is 5.50. The maximum Gasteiger partial charge on any atom is 0.0186 e. The summed E-state index contributed by atoms with van der Waals surface area (Å²) < 4.78 is 1.18. The van der Waals surface area contributed by atoms with E-state index >= 15 is 0 Å². The van der Waals surface area contributed by atoms with Crippen LogP contribution in [0.1, 0.15) is 18.4 Å². The Hall–Kier alpha value is 0.01000. The lowest BCUT2D eigenvalue weighted by atomic mass is 9.97. The normalized spacial score (nSPS) is 25.1. The molecule has 0 radical (unpaired) electrons. The van der Waals surface area contributed by atoms with Crippen molar-refractivity contribution in [3.8, 4) is 0 Å². The third kappa shape index (κ3) is 1.86. The van der Waals surface area contributed by atoms with Gasteiger partial charge in [0.25, 0.3) is 0 Å². The smallest absolute Gasteiger partial charge is 0.0186 e. The largest absolute Gasteiger partial charge is 0.319 e. The van der Waals surface area contributed by atoms with Crippen molar-refractivity contribution in [1.29, 1.82) is 0 Å². The van der Waals surface area contributed by atoms with Gasteiger partial charge in [0, 0.05) is 27.1 Å². The van der Waals surface area contributed by atoms with E-state index < -0.39 is 0 Å². The molecule has 1 aliphatic heterocycles. The fourth-order valence-corrected chi connectivity index (χ4v) is 3.82. The highest BCUT2D eigenvalue weighted by Gasteiger charge is 2.29. The molecule has 3 heteroatoms. The summed E-state index contributed by atoms with van der Waals surface area (Å²) in [6.45, 7) is 3.38. The van der Waals surface area contributed by atoms with Crippen molar-refractivity contribution in [3.63, 3.8) is 0 Å². The molecule has 0 aromatic heterocycles. The fourth-order valence-electron chi connectivity index (χ4n) is 1.95. The molecule has 2 rings (SSSR count). The molecule has 1 aliphatic rings. The van der Waals surface area contributed by atoms with Crippen molar-refractivity contribution in [2.24, 2.45) is 0 Å². The van der Waals surface area contributed by atoms with Gasteiger partial charge in [0.15, 0.2) is 0 Å². The molecule has 2 unspecified atom stereocenters. The Balaban J connectivity index is 2.33. The molecule has 0 bridgehead atoms. The van der Waals surface area contributed by atoms with Crippen LogP contribution in [-0.4, -0.2) is 18.8 Å². The highest BCUT2D eigenvalue weighted by Crippen LogP contribution is 2.45. The molecular formula is C11H14BrNS. The molecule has 0 spiro atoms. The van der Waals surface area contributed by atoms with E-state index in [-0.39, 0.29) is 0 Å². The standard InChI is InChI=1S/C11H14BrNS/c1-7-10(6-13-2)9-4-3-8(12)5-11(9)14-7/h3-5,7,10,13H,6H2,1-2H3. The van der Waals surface area contributed by atoms with Gasteiger partial charge >= 0.3 is 0 Å². The predicted octanol–water partition coefficient (Wildman–Crippen LogP) is 3.25. The first-order valence-corrected chi connectivity index (χ1v) is 6.50. The fraction of sp³-hybridized carbons (Fsp3) is 0.455. The minimum absolute atomic E-state index is 0.660. The molecule has 1 aromatic rings. The van der Waals surface area contributed by atoms with Crippen LogP contribution in [0.25, 0.3) is 0 Å². The van der Waals surface area contributed by atoms with Crippen LogP contribution < -0.4 is 5.32 Å². The molecule has 2 atom stereocenters. The number of hydrogen-bond acceptors (Lipinski definition) is 2. The van der Waals surface area contributed by atoms with Crippen LogP contribution in [0.4, 0.5) is 0 Å². The summed E-state index contributed by atoms with van der Waals surface area (Å²) in [6, 6.07) is 6.62. The van der Waals surface area contributed by atoms with Crippen LogP contribution in [0.2, 0.25) is 0 Å². The van der Waals surface area contributed by atoms with Crippen molar-refractivity contribution in [1.82, 2.24) is 5.32 Å². The molecule has 0 amide bonds. The summed E-state index contributed by atoms with van der Waals surface area (Å²) in [7, 11) is 2.02. The number of fused-ring (bicyclic) bond motifs is 1. The van der Waals surface area contributed by atoms with Gasteiger partial charge in [-0.15, -0.1) is 11.8 Å². The zero-order chi connectivity index (χ0) is 10.1. The lowest BCUT2D eigenvalue weighted by Gasteiger charge is -2.14. The molecule has 0 fully saturated rings. The second-order valence-electron chi connectivity index (χ2n) is 3.67. The number of likely N-dealkylation sites (N-methyl/N-ethyl adjacent to an activating group) is 1. The van der Waals surface area contributed by atoms with E-state index in [1.54, 1.807) is 0 Å². The Kier molecular flexibility index (Phi) is 3.20. The van der Waals surface area contributed by atoms with Gasteiger partial charge in [-0.05, 0) is 24.7 Å².